The van der Waals surface area contributed by atoms with Gasteiger partial charge in [-0.3, -0.25) is 4.68 Å². The van der Waals surface area contributed by atoms with E-state index in [-0.39, 0.29) is 13.2 Å². The Morgan fingerprint density at radius 1 is 1.57 bits per heavy atom. The van der Waals surface area contributed by atoms with Gasteiger partial charge in [-0.15, -0.1) is 0 Å². The number of hydrogen-bond donors (Lipinski definition) is 2. The van der Waals surface area contributed by atoms with Gasteiger partial charge in [0.25, 0.3) is 0 Å². The fraction of sp³-hybridized carbons (Fsp3) is 0.571. The van der Waals surface area contributed by atoms with E-state index >= 15 is 0 Å². The molecule has 0 aliphatic rings. The van der Waals surface area contributed by atoms with Crippen LogP contribution in [0.4, 0.5) is 13.2 Å². The number of aliphatic hydroxyl groups excluding tert-OH is 1. The SMILES string of the molecule is NC(CO)Cn1cc(C(F)(F)F)cn1. The Kier molecular flexibility index (Phi) is 3.12. The molecule has 0 bridgehead atoms. The van der Waals surface area contributed by atoms with Crippen LogP contribution in [0.1, 0.15) is 5.56 Å². The molecule has 0 saturated carbocycles. The number of halogens is 3. The minimum atomic E-state index is -4.39. The summed E-state index contributed by atoms with van der Waals surface area (Å²) in [5, 5.41) is 12.1. The van der Waals surface area contributed by atoms with Crippen molar-refractivity contribution in [1.29, 1.82) is 0 Å². The normalized spacial score (nSPS) is 14.4. The van der Waals surface area contributed by atoms with E-state index < -0.39 is 17.8 Å². The van der Waals surface area contributed by atoms with Gasteiger partial charge in [-0.2, -0.15) is 18.3 Å². The molecule has 0 aliphatic carbocycles. The third-order valence-electron chi connectivity index (χ3n) is 1.62. The van der Waals surface area contributed by atoms with Crippen LogP contribution < -0.4 is 5.73 Å². The first kappa shape index (κ1) is 11.0. The first-order valence-corrected chi connectivity index (χ1v) is 3.89. The van der Waals surface area contributed by atoms with E-state index in [1.807, 2.05) is 0 Å². The van der Waals surface area contributed by atoms with E-state index in [2.05, 4.69) is 5.10 Å². The van der Waals surface area contributed by atoms with Gasteiger partial charge in [0.1, 0.15) is 0 Å². The molecule has 0 amide bonds. The van der Waals surface area contributed by atoms with Gasteiger partial charge < -0.3 is 10.8 Å². The van der Waals surface area contributed by atoms with Crippen LogP contribution in [0.3, 0.4) is 0 Å². The summed E-state index contributed by atoms with van der Waals surface area (Å²) in [5.74, 6) is 0. The van der Waals surface area contributed by atoms with Crippen LogP contribution in [0.2, 0.25) is 0 Å². The van der Waals surface area contributed by atoms with Crippen LogP contribution in [-0.2, 0) is 12.7 Å². The summed E-state index contributed by atoms with van der Waals surface area (Å²) in [7, 11) is 0. The molecule has 4 nitrogen and oxygen atoms in total. The predicted octanol–water partition coefficient (Wildman–Crippen LogP) is 0.221. The van der Waals surface area contributed by atoms with Crippen LogP contribution in [-0.4, -0.2) is 27.5 Å². The zero-order valence-electron chi connectivity index (χ0n) is 7.20. The number of hydrogen-bond acceptors (Lipinski definition) is 3. The average Bonchev–Trinajstić information content (AvgIpc) is 2.51. The van der Waals surface area contributed by atoms with E-state index in [0.717, 1.165) is 17.1 Å². The maximum atomic E-state index is 12.1. The van der Waals surface area contributed by atoms with E-state index in [9.17, 15) is 13.2 Å². The van der Waals surface area contributed by atoms with Gasteiger partial charge in [0, 0.05) is 12.2 Å². The van der Waals surface area contributed by atoms with Crippen molar-refractivity contribution in [2.45, 2.75) is 18.8 Å². The molecule has 1 atom stereocenters. The second kappa shape index (κ2) is 3.97. The van der Waals surface area contributed by atoms with E-state index in [1.54, 1.807) is 0 Å². The van der Waals surface area contributed by atoms with Crippen LogP contribution in [0.15, 0.2) is 12.4 Å². The van der Waals surface area contributed by atoms with Gasteiger partial charge in [0.2, 0.25) is 0 Å². The number of alkyl halides is 3. The lowest BCUT2D eigenvalue weighted by atomic mass is 10.3. The second-order valence-corrected chi connectivity index (χ2v) is 2.89. The molecule has 1 heterocycles. The molecule has 3 N–H and O–H groups in total. The highest BCUT2D eigenvalue weighted by atomic mass is 19.4. The Labute approximate surface area is 78.1 Å². The van der Waals surface area contributed by atoms with Crippen LogP contribution in [0.5, 0.6) is 0 Å². The fourth-order valence-corrected chi connectivity index (χ4v) is 0.908. The van der Waals surface area contributed by atoms with Crippen molar-refractivity contribution in [3.63, 3.8) is 0 Å². The molecular weight excluding hydrogens is 199 g/mol. The van der Waals surface area contributed by atoms with Crippen molar-refractivity contribution in [3.05, 3.63) is 18.0 Å². The largest absolute Gasteiger partial charge is 0.419 e. The van der Waals surface area contributed by atoms with Crippen LogP contribution >= 0.6 is 0 Å². The Morgan fingerprint density at radius 2 is 2.21 bits per heavy atom. The Balaban J connectivity index is 2.69. The first-order chi connectivity index (χ1) is 6.43. The summed E-state index contributed by atoms with van der Waals surface area (Å²) in [6.45, 7) is -0.228. The highest BCUT2D eigenvalue weighted by Gasteiger charge is 2.32. The monoisotopic (exact) mass is 209 g/mol. The summed E-state index contributed by atoms with van der Waals surface area (Å²) < 4.78 is 37.3. The van der Waals surface area contributed by atoms with E-state index in [1.165, 1.54) is 0 Å². The molecule has 14 heavy (non-hydrogen) atoms. The summed E-state index contributed by atoms with van der Waals surface area (Å²) in [6.07, 6.45) is -2.80. The zero-order chi connectivity index (χ0) is 10.8. The summed E-state index contributed by atoms with van der Waals surface area (Å²) in [6, 6.07) is -0.601. The van der Waals surface area contributed by atoms with E-state index in [4.69, 9.17) is 10.8 Å². The molecule has 1 aromatic rings. The van der Waals surface area contributed by atoms with E-state index in [0.29, 0.717) is 0 Å². The molecule has 0 spiro atoms. The molecule has 1 aromatic heterocycles. The lowest BCUT2D eigenvalue weighted by molar-refractivity contribution is -0.137. The van der Waals surface area contributed by atoms with Crippen molar-refractivity contribution in [2.75, 3.05) is 6.61 Å². The molecule has 0 saturated heterocycles. The molecule has 0 aliphatic heterocycles. The van der Waals surface area contributed by atoms with Gasteiger partial charge in [0.15, 0.2) is 0 Å². The van der Waals surface area contributed by atoms with Crippen LogP contribution in [0.25, 0.3) is 0 Å². The smallest absolute Gasteiger partial charge is 0.395 e. The minimum Gasteiger partial charge on any atom is -0.395 e. The molecule has 0 radical (unpaired) electrons. The Bertz CT molecular complexity index is 297. The second-order valence-electron chi connectivity index (χ2n) is 2.89. The molecule has 0 aromatic carbocycles. The van der Waals surface area contributed by atoms with Crippen molar-refractivity contribution < 1.29 is 18.3 Å². The Morgan fingerprint density at radius 3 is 2.64 bits per heavy atom. The lowest BCUT2D eigenvalue weighted by Crippen LogP contribution is -2.30. The minimum absolute atomic E-state index is 0.0621. The molecule has 80 valence electrons. The number of nitrogens with zero attached hydrogens (tertiary/aromatic N) is 2. The number of aliphatic hydroxyl groups is 1. The fourth-order valence-electron chi connectivity index (χ4n) is 0.908. The van der Waals surface area contributed by atoms with Gasteiger partial charge in [0.05, 0.1) is 24.9 Å². The van der Waals surface area contributed by atoms with Gasteiger partial charge in [-0.1, -0.05) is 0 Å². The number of rotatable bonds is 3. The lowest BCUT2D eigenvalue weighted by Gasteiger charge is -2.07. The number of aromatic nitrogens is 2. The third-order valence-corrected chi connectivity index (χ3v) is 1.62. The van der Waals surface area contributed by atoms with Crippen molar-refractivity contribution >= 4 is 0 Å². The molecule has 1 rings (SSSR count). The molecule has 1 unspecified atom stereocenters. The molecule has 7 heteroatoms. The highest BCUT2D eigenvalue weighted by molar-refractivity contribution is 5.08. The maximum absolute atomic E-state index is 12.1. The highest BCUT2D eigenvalue weighted by Crippen LogP contribution is 2.28. The van der Waals surface area contributed by atoms with Crippen LogP contribution in [0, 0.1) is 0 Å². The third kappa shape index (κ3) is 2.71. The number of nitrogens with two attached hydrogens (primary N) is 1. The molecule has 0 fully saturated rings. The maximum Gasteiger partial charge on any atom is 0.419 e. The standard InChI is InChI=1S/C7H10F3N3O/c8-7(9,10)5-1-12-13(2-5)3-6(11)4-14/h1-2,6,14H,3-4,11H2. The topological polar surface area (TPSA) is 64.1 Å². The molecular formula is C7H10F3N3O. The average molecular weight is 209 g/mol. The first-order valence-electron chi connectivity index (χ1n) is 3.89. The predicted molar refractivity (Wildman–Crippen MR) is 42.3 cm³/mol. The summed E-state index contributed by atoms with van der Waals surface area (Å²) >= 11 is 0. The van der Waals surface area contributed by atoms with Crippen molar-refractivity contribution in [3.8, 4) is 0 Å². The summed E-state index contributed by atoms with van der Waals surface area (Å²) in [5.41, 5.74) is 4.51. The zero-order valence-corrected chi connectivity index (χ0v) is 7.20. The van der Waals surface area contributed by atoms with Gasteiger partial charge in [-0.25, -0.2) is 0 Å². The Hall–Kier alpha value is -1.08. The van der Waals surface area contributed by atoms with Crippen molar-refractivity contribution in [2.24, 2.45) is 5.73 Å². The quantitative estimate of drug-likeness (QED) is 0.748. The van der Waals surface area contributed by atoms with Gasteiger partial charge in [-0.05, 0) is 0 Å². The summed E-state index contributed by atoms with van der Waals surface area (Å²) in [4.78, 5) is 0. The van der Waals surface area contributed by atoms with Crippen molar-refractivity contribution in [1.82, 2.24) is 9.78 Å². The van der Waals surface area contributed by atoms with Gasteiger partial charge >= 0.3 is 6.18 Å².